The topological polar surface area (TPSA) is 105 Å². The van der Waals surface area contributed by atoms with E-state index in [-0.39, 0.29) is 29.1 Å². The Bertz CT molecular complexity index is 1390. The maximum Gasteiger partial charge on any atom is 0.252 e. The van der Waals surface area contributed by atoms with Crippen molar-refractivity contribution in [2.75, 3.05) is 44.7 Å². The highest BCUT2D eigenvalue weighted by Gasteiger charge is 2.42. The maximum atomic E-state index is 12.4. The van der Waals surface area contributed by atoms with Crippen LogP contribution in [0.5, 0.6) is 0 Å². The first-order chi connectivity index (χ1) is 18.8. The van der Waals surface area contributed by atoms with E-state index < -0.39 is 0 Å². The molecule has 10 nitrogen and oxygen atoms in total. The summed E-state index contributed by atoms with van der Waals surface area (Å²) in [6, 6.07) is 7.44. The summed E-state index contributed by atoms with van der Waals surface area (Å²) in [4.78, 5) is 43.0. The van der Waals surface area contributed by atoms with E-state index in [4.69, 9.17) is 9.72 Å². The van der Waals surface area contributed by atoms with Crippen LogP contribution in [0, 0.1) is 0 Å². The second kappa shape index (κ2) is 11.2. The van der Waals surface area contributed by atoms with Gasteiger partial charge in [-0.3, -0.25) is 24.0 Å². The molecule has 0 aliphatic carbocycles. The Labute approximate surface area is 228 Å². The molecule has 1 atom stereocenters. The molecule has 0 aromatic carbocycles. The van der Waals surface area contributed by atoms with Gasteiger partial charge >= 0.3 is 0 Å². The van der Waals surface area contributed by atoms with Gasteiger partial charge in [0.25, 0.3) is 5.56 Å². The number of anilines is 1. The predicted molar refractivity (Wildman–Crippen MR) is 151 cm³/mol. The van der Waals surface area contributed by atoms with Crippen LogP contribution in [0.3, 0.4) is 0 Å². The van der Waals surface area contributed by atoms with Crippen LogP contribution >= 0.6 is 0 Å². The summed E-state index contributed by atoms with van der Waals surface area (Å²) in [7, 11) is 0. The largest absolute Gasteiger partial charge is 0.381 e. The Morgan fingerprint density at radius 3 is 2.44 bits per heavy atom. The first-order valence-electron chi connectivity index (χ1n) is 13.7. The van der Waals surface area contributed by atoms with Gasteiger partial charge in [0.1, 0.15) is 5.65 Å². The van der Waals surface area contributed by atoms with Crippen molar-refractivity contribution in [3.05, 3.63) is 70.9 Å². The SMILES string of the molecule is C=CC(=O)N1CCN(C2(c3ccc([C@H](C)Nc4ncc5ccc(=O)n(C(C)C)c5n4)cn3)CCOCC2)CC1. The average molecular weight is 532 g/mol. The maximum absolute atomic E-state index is 12.4. The fourth-order valence-corrected chi connectivity index (χ4v) is 5.75. The van der Waals surface area contributed by atoms with Gasteiger partial charge in [-0.2, -0.15) is 4.98 Å². The van der Waals surface area contributed by atoms with Crippen molar-refractivity contribution < 1.29 is 9.53 Å². The Kier molecular flexibility index (Phi) is 7.76. The van der Waals surface area contributed by atoms with Gasteiger partial charge in [0.15, 0.2) is 0 Å². The van der Waals surface area contributed by atoms with E-state index in [1.165, 1.54) is 6.08 Å². The summed E-state index contributed by atoms with van der Waals surface area (Å²) < 4.78 is 7.41. The van der Waals surface area contributed by atoms with Crippen molar-refractivity contribution in [1.82, 2.24) is 29.3 Å². The van der Waals surface area contributed by atoms with Gasteiger partial charge in [0.2, 0.25) is 11.9 Å². The fourth-order valence-electron chi connectivity index (χ4n) is 5.75. The minimum absolute atomic E-state index is 0.0115. The second-order valence-corrected chi connectivity index (χ2v) is 10.6. The summed E-state index contributed by atoms with van der Waals surface area (Å²) in [6.07, 6.45) is 6.79. The summed E-state index contributed by atoms with van der Waals surface area (Å²) >= 11 is 0. The molecule has 1 amide bonds. The number of hydrogen-bond donors (Lipinski definition) is 1. The van der Waals surface area contributed by atoms with Crippen LogP contribution < -0.4 is 10.9 Å². The molecule has 2 saturated heterocycles. The molecular formula is C29H37N7O3. The zero-order valence-electron chi connectivity index (χ0n) is 23.0. The van der Waals surface area contributed by atoms with E-state index in [0.717, 1.165) is 42.6 Å². The number of fused-ring (bicyclic) bond motifs is 1. The molecule has 1 N–H and O–H groups in total. The minimum atomic E-state index is -0.210. The van der Waals surface area contributed by atoms with Gasteiger partial charge in [-0.25, -0.2) is 4.98 Å². The van der Waals surface area contributed by atoms with Crippen molar-refractivity contribution in [2.24, 2.45) is 0 Å². The number of piperazine rings is 1. The predicted octanol–water partition coefficient (Wildman–Crippen LogP) is 3.28. The van der Waals surface area contributed by atoms with Crippen LogP contribution in [0.1, 0.15) is 57.0 Å². The third kappa shape index (κ3) is 5.31. The first kappa shape index (κ1) is 27.0. The minimum Gasteiger partial charge on any atom is -0.381 e. The number of amides is 1. The lowest BCUT2D eigenvalue weighted by Gasteiger charge is -2.49. The van der Waals surface area contributed by atoms with Gasteiger partial charge in [-0.1, -0.05) is 12.6 Å². The average Bonchev–Trinajstić information content (AvgIpc) is 2.97. The summed E-state index contributed by atoms with van der Waals surface area (Å²) in [5.41, 5.74) is 2.38. The lowest BCUT2D eigenvalue weighted by molar-refractivity contribution is -0.130. The van der Waals surface area contributed by atoms with Gasteiger partial charge in [0, 0.05) is 69.3 Å². The summed E-state index contributed by atoms with van der Waals surface area (Å²) in [5, 5.41) is 4.20. The number of nitrogens with one attached hydrogen (secondary N) is 1. The lowest BCUT2D eigenvalue weighted by Crippen LogP contribution is -2.58. The monoisotopic (exact) mass is 531 g/mol. The molecule has 0 unspecified atom stereocenters. The summed E-state index contributed by atoms with van der Waals surface area (Å²) in [5.74, 6) is 0.453. The molecule has 0 spiro atoms. The lowest BCUT2D eigenvalue weighted by atomic mass is 9.83. The quantitative estimate of drug-likeness (QED) is 0.463. The van der Waals surface area contributed by atoms with Crippen LogP contribution in [-0.2, 0) is 15.1 Å². The molecule has 0 saturated carbocycles. The van der Waals surface area contributed by atoms with E-state index in [9.17, 15) is 9.59 Å². The van der Waals surface area contributed by atoms with Crippen molar-refractivity contribution in [2.45, 2.75) is 51.2 Å². The molecule has 206 valence electrons. The molecule has 0 radical (unpaired) electrons. The van der Waals surface area contributed by atoms with E-state index in [1.54, 1.807) is 22.9 Å². The molecular weight excluding hydrogens is 494 g/mol. The molecule has 2 fully saturated rings. The Morgan fingerprint density at radius 2 is 1.79 bits per heavy atom. The number of carbonyl (C=O) groups excluding carboxylic acids is 1. The van der Waals surface area contributed by atoms with Gasteiger partial charge in [-0.05, 0) is 57.4 Å². The Hall–Kier alpha value is -3.63. The molecule has 5 heterocycles. The van der Waals surface area contributed by atoms with Gasteiger partial charge < -0.3 is 15.0 Å². The summed E-state index contributed by atoms with van der Waals surface area (Å²) in [6.45, 7) is 13.9. The normalized spacial score (nSPS) is 18.7. The van der Waals surface area contributed by atoms with Crippen molar-refractivity contribution in [3.63, 3.8) is 0 Å². The molecule has 5 rings (SSSR count). The first-order valence-corrected chi connectivity index (χ1v) is 13.7. The molecule has 10 heteroatoms. The van der Waals surface area contributed by atoms with E-state index in [2.05, 4.69) is 38.9 Å². The number of nitrogens with zero attached hydrogens (tertiary/aromatic N) is 6. The highest BCUT2D eigenvalue weighted by atomic mass is 16.5. The van der Waals surface area contributed by atoms with E-state index in [0.29, 0.717) is 37.9 Å². The molecule has 39 heavy (non-hydrogen) atoms. The van der Waals surface area contributed by atoms with Gasteiger partial charge in [0.05, 0.1) is 17.3 Å². The van der Waals surface area contributed by atoms with Gasteiger partial charge in [-0.15, -0.1) is 0 Å². The van der Waals surface area contributed by atoms with Crippen molar-refractivity contribution >= 4 is 22.9 Å². The second-order valence-electron chi connectivity index (χ2n) is 10.6. The highest BCUT2D eigenvalue weighted by molar-refractivity contribution is 5.87. The zero-order chi connectivity index (χ0) is 27.6. The number of ether oxygens (including phenoxy) is 1. The standard InChI is InChI=1S/C29H37N7O3/c1-5-25(37)34-12-14-35(15-13-34)29(10-16-39-17-11-29)24-8-6-22(18-30-24)21(4)32-28-31-19-23-7-9-26(38)36(20(2)3)27(23)33-28/h5-9,18-21H,1,10-17H2,2-4H3,(H,31,32,33)/t21-/m0/s1. The van der Waals surface area contributed by atoms with Crippen LogP contribution in [0.25, 0.3) is 11.0 Å². The van der Waals surface area contributed by atoms with Crippen molar-refractivity contribution in [1.29, 1.82) is 0 Å². The smallest absolute Gasteiger partial charge is 0.252 e. The molecule has 3 aromatic rings. The van der Waals surface area contributed by atoms with Crippen molar-refractivity contribution in [3.8, 4) is 0 Å². The number of rotatable bonds is 7. The van der Waals surface area contributed by atoms with E-state index >= 15 is 0 Å². The number of aromatic nitrogens is 4. The van der Waals surface area contributed by atoms with Crippen LogP contribution in [0.4, 0.5) is 5.95 Å². The zero-order valence-corrected chi connectivity index (χ0v) is 23.0. The Morgan fingerprint density at radius 1 is 1.05 bits per heavy atom. The Balaban J connectivity index is 1.35. The highest BCUT2D eigenvalue weighted by Crippen LogP contribution is 2.38. The number of carbonyl (C=O) groups is 1. The van der Waals surface area contributed by atoms with E-state index in [1.807, 2.05) is 31.9 Å². The van der Waals surface area contributed by atoms with Crippen LogP contribution in [0.15, 0.2) is 54.1 Å². The molecule has 2 aliphatic rings. The number of pyridine rings is 2. The third-order valence-corrected chi connectivity index (χ3v) is 7.98. The third-order valence-electron chi connectivity index (χ3n) is 7.98. The van der Waals surface area contributed by atoms with Crippen LogP contribution in [0.2, 0.25) is 0 Å². The fraction of sp³-hybridized carbons (Fsp3) is 0.483. The van der Waals surface area contributed by atoms with Crippen LogP contribution in [-0.4, -0.2) is 74.6 Å². The molecule has 3 aromatic heterocycles. The molecule has 2 aliphatic heterocycles. The number of hydrogen-bond acceptors (Lipinski definition) is 8. The molecule has 0 bridgehead atoms.